The van der Waals surface area contributed by atoms with Gasteiger partial charge in [0.25, 0.3) is 0 Å². The molecule has 1 atom stereocenters. The summed E-state index contributed by atoms with van der Waals surface area (Å²) < 4.78 is 6.82. The van der Waals surface area contributed by atoms with E-state index in [1.165, 1.54) is 0 Å². The maximum Gasteiger partial charge on any atom is 0.236 e. The van der Waals surface area contributed by atoms with E-state index in [9.17, 15) is 4.79 Å². The normalized spacial score (nSPS) is 21.6. The summed E-state index contributed by atoms with van der Waals surface area (Å²) in [6.45, 7) is 2.98. The molecule has 0 aliphatic carbocycles. The van der Waals surface area contributed by atoms with Crippen molar-refractivity contribution in [3.8, 4) is 5.75 Å². The number of amides is 1. The molecule has 3 rings (SSSR count). The van der Waals surface area contributed by atoms with Crippen LogP contribution >= 0.6 is 15.9 Å². The molecular weight excluding hydrogens is 332 g/mol. The molecule has 1 N–H and O–H groups in total. The highest BCUT2D eigenvalue weighted by molar-refractivity contribution is 9.10. The van der Waals surface area contributed by atoms with Gasteiger partial charge in [-0.2, -0.15) is 0 Å². The fourth-order valence-corrected chi connectivity index (χ4v) is 3.39. The number of carbonyl (C=O) groups excluding carboxylic acids is 1. The number of benzene rings is 1. The number of fused-ring (bicyclic) bond motifs is 1. The third kappa shape index (κ3) is 3.58. The van der Waals surface area contributed by atoms with Crippen LogP contribution < -0.4 is 10.1 Å². The van der Waals surface area contributed by atoms with Crippen LogP contribution in [0, 0.1) is 0 Å². The fourth-order valence-electron chi connectivity index (χ4n) is 3.05. The molecule has 2 heterocycles. The second-order valence-electron chi connectivity index (χ2n) is 5.69. The highest BCUT2D eigenvalue weighted by atomic mass is 79.9. The number of nitrogens with zero attached hydrogens (tertiary/aromatic N) is 1. The van der Waals surface area contributed by atoms with Gasteiger partial charge >= 0.3 is 0 Å². The molecule has 5 heteroatoms. The zero-order valence-corrected chi connectivity index (χ0v) is 13.7. The molecule has 1 fully saturated rings. The Morgan fingerprint density at radius 1 is 1.33 bits per heavy atom. The van der Waals surface area contributed by atoms with Gasteiger partial charge in [0.05, 0.1) is 13.2 Å². The van der Waals surface area contributed by atoms with Crippen LogP contribution in [0.25, 0.3) is 0 Å². The second kappa shape index (κ2) is 6.79. The number of likely N-dealkylation sites (tertiary alicyclic amines) is 1. The molecule has 21 heavy (non-hydrogen) atoms. The number of carbonyl (C=O) groups is 1. The molecule has 2 aliphatic rings. The van der Waals surface area contributed by atoms with Gasteiger partial charge in [0.1, 0.15) is 5.75 Å². The molecule has 114 valence electrons. The van der Waals surface area contributed by atoms with E-state index in [4.69, 9.17) is 4.74 Å². The number of hydrogen-bond acceptors (Lipinski definition) is 3. The lowest BCUT2D eigenvalue weighted by Gasteiger charge is -2.21. The summed E-state index contributed by atoms with van der Waals surface area (Å²) in [6.07, 6.45) is 4.28. The quantitative estimate of drug-likeness (QED) is 0.909. The zero-order chi connectivity index (χ0) is 14.7. The van der Waals surface area contributed by atoms with Crippen LogP contribution in [0.1, 0.15) is 37.3 Å². The molecule has 1 unspecified atom stereocenters. The van der Waals surface area contributed by atoms with Crippen molar-refractivity contribution >= 4 is 21.8 Å². The Morgan fingerprint density at radius 3 is 2.95 bits per heavy atom. The van der Waals surface area contributed by atoms with E-state index in [0.29, 0.717) is 6.54 Å². The Balaban J connectivity index is 1.66. The van der Waals surface area contributed by atoms with E-state index in [2.05, 4.69) is 27.3 Å². The van der Waals surface area contributed by atoms with Crippen molar-refractivity contribution in [2.75, 3.05) is 26.2 Å². The number of nitrogens with one attached hydrogen (secondary N) is 1. The lowest BCUT2D eigenvalue weighted by molar-refractivity contribution is -0.129. The average Bonchev–Trinajstić information content (AvgIpc) is 2.94. The van der Waals surface area contributed by atoms with E-state index < -0.39 is 0 Å². The standard InChI is InChI=1S/C16H21BrN2O2/c17-12-5-6-13-14(4-3-9-21-15(13)10-12)18-11-16(20)19-7-1-2-8-19/h5-6,10,14,18H,1-4,7-9,11H2. The zero-order valence-electron chi connectivity index (χ0n) is 12.1. The van der Waals surface area contributed by atoms with E-state index in [-0.39, 0.29) is 11.9 Å². The van der Waals surface area contributed by atoms with Gasteiger partial charge in [-0.3, -0.25) is 4.79 Å². The molecule has 0 saturated carbocycles. The van der Waals surface area contributed by atoms with Crippen LogP contribution in [-0.2, 0) is 4.79 Å². The molecule has 0 radical (unpaired) electrons. The van der Waals surface area contributed by atoms with Crippen molar-refractivity contribution in [2.24, 2.45) is 0 Å². The van der Waals surface area contributed by atoms with Crippen LogP contribution in [0.3, 0.4) is 0 Å². The minimum Gasteiger partial charge on any atom is -0.493 e. The third-order valence-electron chi connectivity index (χ3n) is 4.20. The Labute approximate surface area is 134 Å². The number of halogens is 1. The van der Waals surface area contributed by atoms with Gasteiger partial charge in [-0.05, 0) is 37.8 Å². The summed E-state index contributed by atoms with van der Waals surface area (Å²) in [5, 5.41) is 3.43. The van der Waals surface area contributed by atoms with E-state index in [1.54, 1.807) is 0 Å². The molecule has 0 spiro atoms. The maximum atomic E-state index is 12.2. The SMILES string of the molecule is O=C(CNC1CCCOc2cc(Br)ccc21)N1CCCC1. The second-order valence-corrected chi connectivity index (χ2v) is 6.61. The smallest absolute Gasteiger partial charge is 0.236 e. The molecule has 1 aromatic carbocycles. The van der Waals surface area contributed by atoms with Crippen LogP contribution in [-0.4, -0.2) is 37.0 Å². The highest BCUT2D eigenvalue weighted by Gasteiger charge is 2.22. The minimum atomic E-state index is 0.196. The van der Waals surface area contributed by atoms with Gasteiger partial charge in [0.2, 0.25) is 5.91 Å². The van der Waals surface area contributed by atoms with Gasteiger partial charge in [0, 0.05) is 29.2 Å². The van der Waals surface area contributed by atoms with Crippen LogP contribution in [0.15, 0.2) is 22.7 Å². The summed E-state index contributed by atoms with van der Waals surface area (Å²) in [6, 6.07) is 6.33. The molecule has 2 aliphatic heterocycles. The minimum absolute atomic E-state index is 0.196. The van der Waals surface area contributed by atoms with Crippen molar-refractivity contribution < 1.29 is 9.53 Å². The van der Waals surface area contributed by atoms with Gasteiger partial charge in [-0.25, -0.2) is 0 Å². The maximum absolute atomic E-state index is 12.2. The Kier molecular flexibility index (Phi) is 4.80. The lowest BCUT2D eigenvalue weighted by Crippen LogP contribution is -2.37. The molecule has 1 aromatic rings. The summed E-state index contributed by atoms with van der Waals surface area (Å²) >= 11 is 3.48. The van der Waals surface area contributed by atoms with E-state index >= 15 is 0 Å². The van der Waals surface area contributed by atoms with Crippen LogP contribution in [0.5, 0.6) is 5.75 Å². The summed E-state index contributed by atoms with van der Waals surface area (Å²) in [7, 11) is 0. The van der Waals surface area contributed by atoms with Crippen molar-refractivity contribution in [2.45, 2.75) is 31.7 Å². The van der Waals surface area contributed by atoms with Crippen molar-refractivity contribution in [3.05, 3.63) is 28.2 Å². The van der Waals surface area contributed by atoms with E-state index in [0.717, 1.165) is 61.2 Å². The molecule has 4 nitrogen and oxygen atoms in total. The van der Waals surface area contributed by atoms with Crippen LogP contribution in [0.2, 0.25) is 0 Å². The average molecular weight is 353 g/mol. The summed E-state index contributed by atoms with van der Waals surface area (Å²) in [4.78, 5) is 14.1. The van der Waals surface area contributed by atoms with Crippen molar-refractivity contribution in [3.63, 3.8) is 0 Å². The Bertz CT molecular complexity index is 515. The first-order valence-corrected chi connectivity index (χ1v) is 8.47. The first-order chi connectivity index (χ1) is 10.2. The van der Waals surface area contributed by atoms with Gasteiger partial charge in [-0.1, -0.05) is 22.0 Å². The predicted molar refractivity (Wildman–Crippen MR) is 85.4 cm³/mol. The Morgan fingerprint density at radius 2 is 2.14 bits per heavy atom. The third-order valence-corrected chi connectivity index (χ3v) is 4.70. The fraction of sp³-hybridized carbons (Fsp3) is 0.562. The largest absolute Gasteiger partial charge is 0.493 e. The Hall–Kier alpha value is -1.07. The predicted octanol–water partition coefficient (Wildman–Crippen LogP) is 2.87. The molecule has 0 aromatic heterocycles. The summed E-state index contributed by atoms with van der Waals surface area (Å²) in [5.41, 5.74) is 1.16. The number of hydrogen-bond donors (Lipinski definition) is 1. The van der Waals surface area contributed by atoms with Crippen molar-refractivity contribution in [1.82, 2.24) is 10.2 Å². The number of ether oxygens (including phenoxy) is 1. The molecule has 1 saturated heterocycles. The van der Waals surface area contributed by atoms with Crippen molar-refractivity contribution in [1.29, 1.82) is 0 Å². The monoisotopic (exact) mass is 352 g/mol. The van der Waals surface area contributed by atoms with Gasteiger partial charge in [-0.15, -0.1) is 0 Å². The molecule has 1 amide bonds. The summed E-state index contributed by atoms with van der Waals surface area (Å²) in [5.74, 6) is 1.14. The highest BCUT2D eigenvalue weighted by Crippen LogP contribution is 2.33. The van der Waals surface area contributed by atoms with Gasteiger partial charge < -0.3 is 15.0 Å². The topological polar surface area (TPSA) is 41.6 Å². The first-order valence-electron chi connectivity index (χ1n) is 7.67. The first kappa shape index (κ1) is 14.9. The molecule has 0 bridgehead atoms. The lowest BCUT2D eigenvalue weighted by atomic mass is 10.0. The number of rotatable bonds is 3. The van der Waals surface area contributed by atoms with E-state index in [1.807, 2.05) is 17.0 Å². The molecular formula is C16H21BrN2O2. The van der Waals surface area contributed by atoms with Crippen LogP contribution in [0.4, 0.5) is 0 Å². The van der Waals surface area contributed by atoms with Gasteiger partial charge in [0.15, 0.2) is 0 Å².